The molecule has 0 amide bonds. The Hall–Kier alpha value is -1.99. The van der Waals surface area contributed by atoms with Crippen LogP contribution in [0, 0.1) is 6.92 Å². The highest BCUT2D eigenvalue weighted by Crippen LogP contribution is 2.29. The van der Waals surface area contributed by atoms with Crippen LogP contribution < -0.4 is 11.5 Å². The van der Waals surface area contributed by atoms with Gasteiger partial charge in [-0.15, -0.1) is 11.3 Å². The second-order valence-electron chi connectivity index (χ2n) is 3.92. The number of thiazole rings is 1. The minimum absolute atomic E-state index is 0.441. The Morgan fingerprint density at radius 3 is 2.83 bits per heavy atom. The number of aromatic nitrogens is 4. The number of nitrogen functional groups attached to an aromatic ring is 1. The van der Waals surface area contributed by atoms with Gasteiger partial charge in [-0.05, 0) is 19.1 Å². The van der Waals surface area contributed by atoms with Crippen LogP contribution in [0.2, 0.25) is 0 Å². The molecule has 0 unspecified atom stereocenters. The smallest absolute Gasteiger partial charge is 0.180 e. The largest absolute Gasteiger partial charge is 0.384 e. The van der Waals surface area contributed by atoms with E-state index in [1.807, 2.05) is 13.0 Å². The molecule has 3 rings (SSSR count). The van der Waals surface area contributed by atoms with Crippen LogP contribution in [0.4, 0.5) is 5.82 Å². The van der Waals surface area contributed by atoms with Gasteiger partial charge in [0.1, 0.15) is 10.8 Å². The Morgan fingerprint density at radius 2 is 2.11 bits per heavy atom. The molecule has 0 aliphatic heterocycles. The Balaban J connectivity index is 2.15. The number of nitrogens with one attached hydrogen (secondary N) is 1. The number of pyridine rings is 1. The van der Waals surface area contributed by atoms with Crippen LogP contribution in [-0.2, 0) is 6.54 Å². The van der Waals surface area contributed by atoms with Gasteiger partial charge in [-0.3, -0.25) is 0 Å². The molecule has 92 valence electrons. The lowest BCUT2D eigenvalue weighted by molar-refractivity contribution is 1.02. The number of hydrogen-bond donors (Lipinski definition) is 3. The van der Waals surface area contributed by atoms with Crippen molar-refractivity contribution in [3.63, 3.8) is 0 Å². The van der Waals surface area contributed by atoms with Crippen LogP contribution in [0.1, 0.15) is 10.7 Å². The van der Waals surface area contributed by atoms with E-state index in [2.05, 4.69) is 19.9 Å². The number of hydrogen-bond acceptors (Lipinski definition) is 6. The lowest BCUT2D eigenvalue weighted by Gasteiger charge is -1.89. The van der Waals surface area contributed by atoms with Gasteiger partial charge in [-0.1, -0.05) is 0 Å². The highest BCUT2D eigenvalue weighted by Gasteiger charge is 2.13. The number of rotatable bonds is 2. The first-order valence-corrected chi connectivity index (χ1v) is 6.28. The molecule has 3 aromatic rings. The second-order valence-corrected chi connectivity index (χ2v) is 5.00. The van der Waals surface area contributed by atoms with Crippen molar-refractivity contribution in [2.75, 3.05) is 5.73 Å². The maximum Gasteiger partial charge on any atom is 0.180 e. The molecule has 0 saturated heterocycles. The molecule has 7 heteroatoms. The van der Waals surface area contributed by atoms with E-state index in [9.17, 15) is 0 Å². The first kappa shape index (κ1) is 11.1. The van der Waals surface area contributed by atoms with Gasteiger partial charge < -0.3 is 16.5 Å². The summed E-state index contributed by atoms with van der Waals surface area (Å²) in [5.74, 6) is 1.22. The predicted octanol–water partition coefficient (Wildman–Crippen LogP) is 1.43. The third-order valence-corrected chi connectivity index (χ3v) is 3.78. The Kier molecular flexibility index (Phi) is 2.49. The van der Waals surface area contributed by atoms with E-state index in [1.165, 1.54) is 0 Å². The zero-order valence-corrected chi connectivity index (χ0v) is 10.6. The van der Waals surface area contributed by atoms with Gasteiger partial charge in [0.2, 0.25) is 0 Å². The number of anilines is 1. The molecule has 0 aliphatic rings. The maximum atomic E-state index is 5.64. The number of aromatic amines is 1. The number of imidazole rings is 1. The van der Waals surface area contributed by atoms with Gasteiger partial charge in [0.25, 0.3) is 0 Å². The molecule has 0 atom stereocenters. The summed E-state index contributed by atoms with van der Waals surface area (Å²) < 4.78 is 0. The summed E-state index contributed by atoms with van der Waals surface area (Å²) >= 11 is 1.54. The first-order chi connectivity index (χ1) is 8.67. The Labute approximate surface area is 107 Å². The molecule has 0 radical (unpaired) electrons. The summed E-state index contributed by atoms with van der Waals surface area (Å²) in [6.45, 7) is 2.39. The SMILES string of the molecule is Cc1nc(CN)sc1-c1nc2nc(N)ccc2[nH]1. The third-order valence-electron chi connectivity index (χ3n) is 2.60. The summed E-state index contributed by atoms with van der Waals surface area (Å²) in [6, 6.07) is 3.61. The van der Waals surface area contributed by atoms with Crippen molar-refractivity contribution in [1.82, 2.24) is 19.9 Å². The Bertz CT molecular complexity index is 713. The van der Waals surface area contributed by atoms with E-state index in [0.29, 0.717) is 18.0 Å². The molecule has 0 saturated carbocycles. The van der Waals surface area contributed by atoms with Gasteiger partial charge in [-0.2, -0.15) is 0 Å². The third kappa shape index (κ3) is 1.73. The average molecular weight is 260 g/mol. The summed E-state index contributed by atoms with van der Waals surface area (Å²) in [4.78, 5) is 17.2. The van der Waals surface area contributed by atoms with E-state index >= 15 is 0 Å². The average Bonchev–Trinajstić information content (AvgIpc) is 2.91. The molecule has 0 fully saturated rings. The zero-order chi connectivity index (χ0) is 12.7. The first-order valence-electron chi connectivity index (χ1n) is 5.46. The highest BCUT2D eigenvalue weighted by atomic mass is 32.1. The standard InChI is InChI=1S/C11H12N6S/c1-5-9(18-8(4-12)14-5)11-15-6-2-3-7(13)16-10(6)17-11/h2-3H,4,12H2,1H3,(H3,13,15,16,17). The number of nitrogens with zero attached hydrogens (tertiary/aromatic N) is 3. The fourth-order valence-electron chi connectivity index (χ4n) is 1.77. The number of H-pyrrole nitrogens is 1. The lowest BCUT2D eigenvalue weighted by atomic mass is 10.4. The molecule has 0 spiro atoms. The summed E-state index contributed by atoms with van der Waals surface area (Å²) in [5.41, 5.74) is 13.6. The molecule has 0 aromatic carbocycles. The minimum Gasteiger partial charge on any atom is -0.384 e. The van der Waals surface area contributed by atoms with Gasteiger partial charge in [0.05, 0.1) is 16.1 Å². The molecule has 5 N–H and O–H groups in total. The van der Waals surface area contributed by atoms with Crippen molar-refractivity contribution in [2.45, 2.75) is 13.5 Å². The summed E-state index contributed by atoms with van der Waals surface area (Å²) in [6.07, 6.45) is 0. The van der Waals surface area contributed by atoms with Gasteiger partial charge >= 0.3 is 0 Å². The number of aryl methyl sites for hydroxylation is 1. The van der Waals surface area contributed by atoms with E-state index in [0.717, 1.165) is 26.9 Å². The van der Waals surface area contributed by atoms with E-state index < -0.39 is 0 Å². The molecule has 0 bridgehead atoms. The fourth-order valence-corrected chi connectivity index (χ4v) is 2.66. The van der Waals surface area contributed by atoms with Gasteiger partial charge in [0, 0.05) is 6.54 Å². The Morgan fingerprint density at radius 1 is 1.28 bits per heavy atom. The summed E-state index contributed by atoms with van der Waals surface area (Å²) in [5, 5.41) is 0.899. The number of nitrogens with two attached hydrogens (primary N) is 2. The van der Waals surface area contributed by atoms with Crippen molar-refractivity contribution in [1.29, 1.82) is 0 Å². The van der Waals surface area contributed by atoms with Crippen molar-refractivity contribution < 1.29 is 0 Å². The van der Waals surface area contributed by atoms with Crippen molar-refractivity contribution >= 4 is 28.3 Å². The molecule has 6 nitrogen and oxygen atoms in total. The topological polar surface area (TPSA) is 106 Å². The molecule has 3 aromatic heterocycles. The summed E-state index contributed by atoms with van der Waals surface area (Å²) in [7, 11) is 0. The minimum atomic E-state index is 0.441. The molecule has 3 heterocycles. The van der Waals surface area contributed by atoms with Crippen LogP contribution in [-0.4, -0.2) is 19.9 Å². The van der Waals surface area contributed by atoms with Crippen LogP contribution in [0.5, 0.6) is 0 Å². The van der Waals surface area contributed by atoms with Gasteiger partial charge in [0.15, 0.2) is 11.5 Å². The zero-order valence-electron chi connectivity index (χ0n) is 9.77. The van der Waals surface area contributed by atoms with E-state index in [-0.39, 0.29) is 0 Å². The van der Waals surface area contributed by atoms with Crippen molar-refractivity contribution in [3.8, 4) is 10.7 Å². The normalized spacial score (nSPS) is 11.2. The quantitative estimate of drug-likeness (QED) is 0.646. The molecular formula is C11H12N6S. The lowest BCUT2D eigenvalue weighted by Crippen LogP contribution is -1.94. The van der Waals surface area contributed by atoms with Crippen LogP contribution >= 0.6 is 11.3 Å². The molecule has 18 heavy (non-hydrogen) atoms. The van der Waals surface area contributed by atoms with E-state index in [4.69, 9.17) is 11.5 Å². The van der Waals surface area contributed by atoms with E-state index in [1.54, 1.807) is 17.4 Å². The second kappa shape index (κ2) is 4.04. The monoisotopic (exact) mass is 260 g/mol. The molecule has 0 aliphatic carbocycles. The predicted molar refractivity (Wildman–Crippen MR) is 72.0 cm³/mol. The van der Waals surface area contributed by atoms with Crippen LogP contribution in [0.15, 0.2) is 12.1 Å². The maximum absolute atomic E-state index is 5.64. The fraction of sp³-hybridized carbons (Fsp3) is 0.182. The molecular weight excluding hydrogens is 248 g/mol. The highest BCUT2D eigenvalue weighted by molar-refractivity contribution is 7.15. The van der Waals surface area contributed by atoms with Crippen LogP contribution in [0.25, 0.3) is 21.9 Å². The van der Waals surface area contributed by atoms with Crippen molar-refractivity contribution in [3.05, 3.63) is 22.8 Å². The van der Waals surface area contributed by atoms with Crippen molar-refractivity contribution in [2.24, 2.45) is 5.73 Å². The van der Waals surface area contributed by atoms with Crippen LogP contribution in [0.3, 0.4) is 0 Å². The number of fused-ring (bicyclic) bond motifs is 1. The van der Waals surface area contributed by atoms with Gasteiger partial charge in [-0.25, -0.2) is 15.0 Å².